The summed E-state index contributed by atoms with van der Waals surface area (Å²) in [5.74, 6) is -0.512. The van der Waals surface area contributed by atoms with E-state index in [1.807, 2.05) is 13.8 Å². The van der Waals surface area contributed by atoms with Crippen LogP contribution in [-0.2, 0) is 19.1 Å². The summed E-state index contributed by atoms with van der Waals surface area (Å²) in [6, 6.07) is -1.18. The monoisotopic (exact) mass is 326 g/mol. The average Bonchev–Trinajstić information content (AvgIpc) is 3.12. The maximum absolute atomic E-state index is 13.0. The molecule has 2 amide bonds. The third kappa shape index (κ3) is 3.43. The number of alkyl carbamates (subject to hydrolysis) is 1. The predicted octanol–water partition coefficient (Wildman–Crippen LogP) is 1.31. The first-order valence-electron chi connectivity index (χ1n) is 8.24. The van der Waals surface area contributed by atoms with Crippen LogP contribution in [0.5, 0.6) is 0 Å². The largest absolute Gasteiger partial charge is 0.464 e. The molecule has 2 aliphatic rings. The van der Waals surface area contributed by atoms with E-state index in [4.69, 9.17) is 4.74 Å². The highest BCUT2D eigenvalue weighted by Crippen LogP contribution is 2.43. The standard InChI is InChI=1S/C16H26N2O5/c1-5-23-15(20)13-10-6-7-11(8-10)18(13)14(19)12(9(2)3)17-16(21)22-4/h9-13H,5-8H2,1-4H3,(H,17,21)/t10?,11?,12-,13-/m0/s1. The molecule has 2 fully saturated rings. The van der Waals surface area contributed by atoms with Gasteiger partial charge < -0.3 is 19.7 Å². The number of likely N-dealkylation sites (tertiary alicyclic amines) is 1. The summed E-state index contributed by atoms with van der Waals surface area (Å²) in [5, 5.41) is 2.59. The van der Waals surface area contributed by atoms with Crippen LogP contribution in [0.4, 0.5) is 4.79 Å². The van der Waals surface area contributed by atoms with Crippen molar-refractivity contribution < 1.29 is 23.9 Å². The minimum Gasteiger partial charge on any atom is -0.464 e. The van der Waals surface area contributed by atoms with Crippen LogP contribution in [0, 0.1) is 11.8 Å². The number of methoxy groups -OCH3 is 1. The SMILES string of the molecule is CCOC(=O)[C@@H]1C2CCC(C2)N1C(=O)[C@@H](NC(=O)OC)C(C)C. The summed E-state index contributed by atoms with van der Waals surface area (Å²) in [5.41, 5.74) is 0. The lowest BCUT2D eigenvalue weighted by Gasteiger charge is -2.37. The third-order valence-electron chi connectivity index (χ3n) is 4.76. The smallest absolute Gasteiger partial charge is 0.407 e. The molecular formula is C16H26N2O5. The van der Waals surface area contributed by atoms with Crippen molar-refractivity contribution in [3.8, 4) is 0 Å². The number of fused-ring (bicyclic) bond motifs is 2. The molecule has 0 aromatic rings. The number of amides is 2. The number of rotatable bonds is 5. The zero-order valence-electron chi connectivity index (χ0n) is 14.2. The summed E-state index contributed by atoms with van der Waals surface area (Å²) in [4.78, 5) is 38.5. The van der Waals surface area contributed by atoms with Gasteiger partial charge in [-0.2, -0.15) is 0 Å². The quantitative estimate of drug-likeness (QED) is 0.770. The van der Waals surface area contributed by atoms with Crippen molar-refractivity contribution >= 4 is 18.0 Å². The highest BCUT2D eigenvalue weighted by atomic mass is 16.5. The fourth-order valence-corrected chi connectivity index (χ4v) is 3.70. The highest BCUT2D eigenvalue weighted by Gasteiger charge is 2.53. The summed E-state index contributed by atoms with van der Waals surface area (Å²) in [7, 11) is 1.26. The van der Waals surface area contributed by atoms with Crippen LogP contribution in [0.25, 0.3) is 0 Å². The normalized spacial score (nSPS) is 27.0. The molecule has 2 rings (SSSR count). The van der Waals surface area contributed by atoms with Gasteiger partial charge in [0.1, 0.15) is 12.1 Å². The molecule has 0 radical (unpaired) electrons. The van der Waals surface area contributed by atoms with Gasteiger partial charge in [0, 0.05) is 6.04 Å². The van der Waals surface area contributed by atoms with Crippen molar-refractivity contribution in [2.75, 3.05) is 13.7 Å². The molecule has 1 aliphatic heterocycles. The van der Waals surface area contributed by atoms with E-state index in [1.54, 1.807) is 11.8 Å². The second kappa shape index (κ2) is 7.19. The van der Waals surface area contributed by atoms with Crippen LogP contribution in [0.2, 0.25) is 0 Å². The molecule has 1 aliphatic carbocycles. The number of hydrogen-bond donors (Lipinski definition) is 1. The van der Waals surface area contributed by atoms with Crippen molar-refractivity contribution in [3.63, 3.8) is 0 Å². The molecule has 1 heterocycles. The molecule has 7 heteroatoms. The zero-order chi connectivity index (χ0) is 17.1. The van der Waals surface area contributed by atoms with Crippen LogP contribution in [-0.4, -0.2) is 54.7 Å². The molecule has 23 heavy (non-hydrogen) atoms. The van der Waals surface area contributed by atoms with E-state index in [9.17, 15) is 14.4 Å². The summed E-state index contributed by atoms with van der Waals surface area (Å²) < 4.78 is 9.76. The molecule has 2 unspecified atom stereocenters. The number of carbonyl (C=O) groups excluding carboxylic acids is 3. The average molecular weight is 326 g/mol. The fourth-order valence-electron chi connectivity index (χ4n) is 3.70. The first-order chi connectivity index (χ1) is 10.9. The van der Waals surface area contributed by atoms with Gasteiger partial charge in [-0.05, 0) is 38.0 Å². The van der Waals surface area contributed by atoms with Crippen LogP contribution in [0.3, 0.4) is 0 Å². The van der Waals surface area contributed by atoms with Crippen molar-refractivity contribution in [1.82, 2.24) is 10.2 Å². The molecular weight excluding hydrogens is 300 g/mol. The minimum absolute atomic E-state index is 0.0580. The van der Waals surface area contributed by atoms with Crippen LogP contribution >= 0.6 is 0 Å². The molecule has 0 spiro atoms. The lowest BCUT2D eigenvalue weighted by molar-refractivity contribution is -0.158. The summed E-state index contributed by atoms with van der Waals surface area (Å²) >= 11 is 0. The molecule has 2 bridgehead atoms. The second-order valence-electron chi connectivity index (χ2n) is 6.53. The summed E-state index contributed by atoms with van der Waals surface area (Å²) in [6.07, 6.45) is 2.02. The van der Waals surface area contributed by atoms with Gasteiger partial charge in [0.25, 0.3) is 0 Å². The fraction of sp³-hybridized carbons (Fsp3) is 0.812. The van der Waals surface area contributed by atoms with Crippen LogP contribution < -0.4 is 5.32 Å². The van der Waals surface area contributed by atoms with Crippen LogP contribution in [0.15, 0.2) is 0 Å². The molecule has 7 nitrogen and oxygen atoms in total. The number of esters is 1. The van der Waals surface area contributed by atoms with E-state index >= 15 is 0 Å². The van der Waals surface area contributed by atoms with E-state index in [2.05, 4.69) is 10.1 Å². The Labute approximate surface area is 136 Å². The predicted molar refractivity (Wildman–Crippen MR) is 82.6 cm³/mol. The van der Waals surface area contributed by atoms with E-state index in [0.29, 0.717) is 6.61 Å². The number of piperidine rings is 1. The molecule has 1 N–H and O–H groups in total. The van der Waals surface area contributed by atoms with Crippen molar-refractivity contribution in [2.24, 2.45) is 11.8 Å². The van der Waals surface area contributed by atoms with Gasteiger partial charge in [-0.15, -0.1) is 0 Å². The first kappa shape index (κ1) is 17.6. The van der Waals surface area contributed by atoms with E-state index in [1.165, 1.54) is 7.11 Å². The molecule has 130 valence electrons. The van der Waals surface area contributed by atoms with E-state index in [0.717, 1.165) is 19.3 Å². The molecule has 0 aromatic carbocycles. The van der Waals surface area contributed by atoms with Gasteiger partial charge in [0.2, 0.25) is 5.91 Å². The maximum atomic E-state index is 13.0. The second-order valence-corrected chi connectivity index (χ2v) is 6.53. The van der Waals surface area contributed by atoms with E-state index in [-0.39, 0.29) is 29.8 Å². The minimum atomic E-state index is -0.710. The lowest BCUT2D eigenvalue weighted by Crippen LogP contribution is -2.58. The highest BCUT2D eigenvalue weighted by molar-refractivity contribution is 5.91. The Hall–Kier alpha value is -1.79. The summed E-state index contributed by atoms with van der Waals surface area (Å²) in [6.45, 7) is 5.76. The van der Waals surface area contributed by atoms with Gasteiger partial charge in [0.05, 0.1) is 13.7 Å². The number of nitrogens with one attached hydrogen (secondary N) is 1. The Morgan fingerprint density at radius 1 is 1.26 bits per heavy atom. The van der Waals surface area contributed by atoms with Crippen LogP contribution in [0.1, 0.15) is 40.0 Å². The van der Waals surface area contributed by atoms with Crippen molar-refractivity contribution in [1.29, 1.82) is 0 Å². The zero-order valence-corrected chi connectivity index (χ0v) is 14.2. The Kier molecular flexibility index (Phi) is 5.49. The number of nitrogens with zero attached hydrogens (tertiary/aromatic N) is 1. The van der Waals surface area contributed by atoms with Gasteiger partial charge in [0.15, 0.2) is 0 Å². The Morgan fingerprint density at radius 3 is 2.52 bits per heavy atom. The Bertz CT molecular complexity index is 479. The van der Waals surface area contributed by atoms with Gasteiger partial charge in [-0.1, -0.05) is 13.8 Å². The maximum Gasteiger partial charge on any atom is 0.407 e. The lowest BCUT2D eigenvalue weighted by atomic mass is 9.96. The molecule has 1 saturated carbocycles. The number of hydrogen-bond acceptors (Lipinski definition) is 5. The molecule has 1 saturated heterocycles. The first-order valence-corrected chi connectivity index (χ1v) is 8.24. The van der Waals surface area contributed by atoms with E-state index < -0.39 is 18.2 Å². The van der Waals surface area contributed by atoms with Crippen molar-refractivity contribution in [2.45, 2.75) is 58.2 Å². The number of carbonyl (C=O) groups is 3. The molecule has 4 atom stereocenters. The Balaban J connectivity index is 2.20. The van der Waals surface area contributed by atoms with Gasteiger partial charge in [-0.3, -0.25) is 4.79 Å². The number of ether oxygens (including phenoxy) is 2. The van der Waals surface area contributed by atoms with Gasteiger partial charge >= 0.3 is 12.1 Å². The van der Waals surface area contributed by atoms with Crippen molar-refractivity contribution in [3.05, 3.63) is 0 Å². The Morgan fingerprint density at radius 2 is 1.96 bits per heavy atom. The topological polar surface area (TPSA) is 84.9 Å². The third-order valence-corrected chi connectivity index (χ3v) is 4.76. The molecule has 0 aromatic heterocycles. The van der Waals surface area contributed by atoms with Gasteiger partial charge in [-0.25, -0.2) is 9.59 Å².